The largest absolute Gasteiger partial charge is 0.490 e. The van der Waals surface area contributed by atoms with Crippen molar-refractivity contribution in [2.45, 2.75) is 18.9 Å². The van der Waals surface area contributed by atoms with E-state index in [1.54, 1.807) is 0 Å². The maximum Gasteiger partial charge on any atom is 0.490 e. The lowest BCUT2D eigenvalue weighted by Crippen LogP contribution is -2.21. The van der Waals surface area contributed by atoms with Crippen LogP contribution in [0.4, 0.5) is 42.1 Å². The van der Waals surface area contributed by atoms with E-state index in [2.05, 4.69) is 5.32 Å². The summed E-state index contributed by atoms with van der Waals surface area (Å²) in [6, 6.07) is 13.5. The number of hydrogen-bond donors (Lipinski definition) is 4. The van der Waals surface area contributed by atoms with Crippen LogP contribution in [0.1, 0.15) is 11.1 Å². The minimum Gasteiger partial charge on any atom is -0.475 e. The number of carbonyl (C=O) groups is 2. The van der Waals surface area contributed by atoms with Crippen LogP contribution in [-0.4, -0.2) is 34.5 Å². The first kappa shape index (κ1) is 28.1. The Morgan fingerprint density at radius 3 is 1.72 bits per heavy atom. The van der Waals surface area contributed by atoms with Gasteiger partial charge in [-0.05, 0) is 35.9 Å². The van der Waals surface area contributed by atoms with E-state index in [4.69, 9.17) is 30.8 Å². The molecule has 0 spiro atoms. The van der Waals surface area contributed by atoms with Crippen molar-refractivity contribution in [3.8, 4) is 6.07 Å². The van der Waals surface area contributed by atoms with Crippen molar-refractivity contribution in [2.24, 2.45) is 5.73 Å². The molecular weight excluding hydrogens is 455 g/mol. The topological polar surface area (TPSA) is 136 Å². The van der Waals surface area contributed by atoms with Crippen molar-refractivity contribution in [3.05, 3.63) is 59.4 Å². The Labute approximate surface area is 175 Å². The molecule has 7 nitrogen and oxygen atoms in total. The summed E-state index contributed by atoms with van der Waals surface area (Å²) in [6.07, 6.45) is -10.2. The summed E-state index contributed by atoms with van der Waals surface area (Å²) in [7, 11) is 0. The van der Waals surface area contributed by atoms with Gasteiger partial charge in [0.2, 0.25) is 0 Å². The fourth-order valence-corrected chi connectivity index (χ4v) is 1.60. The maximum atomic E-state index is 13.1. The number of rotatable bonds is 3. The zero-order chi connectivity index (χ0) is 25.1. The molecule has 2 aromatic carbocycles. The van der Waals surface area contributed by atoms with Crippen molar-refractivity contribution < 1.29 is 50.5 Å². The van der Waals surface area contributed by atoms with Crippen molar-refractivity contribution in [2.75, 3.05) is 5.32 Å². The first-order valence-electron chi connectivity index (χ1n) is 7.97. The van der Waals surface area contributed by atoms with Crippen LogP contribution >= 0.6 is 0 Å². The van der Waals surface area contributed by atoms with Crippen LogP contribution in [0.25, 0.3) is 0 Å². The van der Waals surface area contributed by atoms with E-state index in [9.17, 15) is 30.7 Å². The number of nitrogens with one attached hydrogen (secondary N) is 1. The Kier molecular flexibility index (Phi) is 10.6. The molecule has 0 saturated carbocycles. The zero-order valence-electron chi connectivity index (χ0n) is 15.6. The highest BCUT2D eigenvalue weighted by atomic mass is 19.4. The van der Waals surface area contributed by atoms with Gasteiger partial charge in [0.25, 0.3) is 0 Å². The molecule has 0 saturated heterocycles. The molecule has 0 unspecified atom stereocenters. The molecule has 5 N–H and O–H groups in total. The van der Waals surface area contributed by atoms with E-state index in [1.165, 1.54) is 18.2 Å². The average molecular weight is 469 g/mol. The van der Waals surface area contributed by atoms with Gasteiger partial charge in [0, 0.05) is 12.2 Å². The van der Waals surface area contributed by atoms with Gasteiger partial charge < -0.3 is 21.3 Å². The van der Waals surface area contributed by atoms with E-state index in [-0.39, 0.29) is 5.82 Å². The van der Waals surface area contributed by atoms with E-state index in [0.717, 1.165) is 11.3 Å². The minimum atomic E-state index is -5.08. The molecule has 2 aromatic rings. The lowest BCUT2D eigenvalue weighted by atomic mass is 10.1. The van der Waals surface area contributed by atoms with Gasteiger partial charge in [-0.3, -0.25) is 0 Å². The third-order valence-corrected chi connectivity index (χ3v) is 3.06. The summed E-state index contributed by atoms with van der Waals surface area (Å²) in [4.78, 5) is 17.8. The molecule has 0 aliphatic heterocycles. The first-order valence-corrected chi connectivity index (χ1v) is 7.97. The van der Waals surface area contributed by atoms with Gasteiger partial charge in [-0.1, -0.05) is 12.1 Å². The maximum absolute atomic E-state index is 13.1. The molecule has 14 heteroatoms. The van der Waals surface area contributed by atoms with E-state index < -0.39 is 24.3 Å². The summed E-state index contributed by atoms with van der Waals surface area (Å²) < 4.78 is 76.6. The van der Waals surface area contributed by atoms with Gasteiger partial charge in [0.1, 0.15) is 11.9 Å². The SMILES string of the molecule is N#Cc1ccc(F)cc1Nc1ccc(CN)cc1.O=C(O)C(F)(F)F.O=C(O)C(F)(F)F. The number of carboxylic acids is 2. The Morgan fingerprint density at radius 2 is 1.38 bits per heavy atom. The van der Waals surface area contributed by atoms with Crippen molar-refractivity contribution >= 4 is 23.3 Å². The molecule has 0 atom stereocenters. The standard InChI is InChI=1S/C14H12FN3.2C2HF3O2/c15-12-4-3-11(9-17)14(7-12)18-13-5-1-10(8-16)2-6-13;2*3-2(4,5)1(6)7/h1-7,18H,8,16H2;2*(H,6,7). The monoisotopic (exact) mass is 469 g/mol. The van der Waals surface area contributed by atoms with Gasteiger partial charge in [-0.15, -0.1) is 0 Å². The van der Waals surface area contributed by atoms with Gasteiger partial charge >= 0.3 is 24.3 Å². The molecule has 0 aliphatic carbocycles. The molecule has 0 aromatic heterocycles. The second kappa shape index (κ2) is 12.1. The van der Waals surface area contributed by atoms with Crippen LogP contribution in [0.2, 0.25) is 0 Å². The van der Waals surface area contributed by atoms with E-state index in [1.807, 2.05) is 30.3 Å². The number of hydrogen-bond acceptors (Lipinski definition) is 5. The molecule has 0 amide bonds. The summed E-state index contributed by atoms with van der Waals surface area (Å²) in [5.41, 5.74) is 8.16. The van der Waals surface area contributed by atoms with E-state index in [0.29, 0.717) is 17.8 Å². The Balaban J connectivity index is 0.000000570. The van der Waals surface area contributed by atoms with Gasteiger partial charge in [-0.2, -0.15) is 31.6 Å². The van der Waals surface area contributed by atoms with Gasteiger partial charge in [0.15, 0.2) is 0 Å². The van der Waals surface area contributed by atoms with Crippen LogP contribution in [0, 0.1) is 17.1 Å². The van der Waals surface area contributed by atoms with Crippen LogP contribution in [-0.2, 0) is 16.1 Å². The Bertz CT molecular complexity index is 929. The average Bonchev–Trinajstić information content (AvgIpc) is 2.68. The zero-order valence-corrected chi connectivity index (χ0v) is 15.6. The fraction of sp³-hybridized carbons (Fsp3) is 0.167. The highest BCUT2D eigenvalue weighted by Crippen LogP contribution is 2.22. The molecule has 0 heterocycles. The second-order valence-corrected chi connectivity index (χ2v) is 5.43. The molecule has 2 rings (SSSR count). The quantitative estimate of drug-likeness (QED) is 0.496. The predicted molar refractivity (Wildman–Crippen MR) is 96.1 cm³/mol. The lowest BCUT2D eigenvalue weighted by molar-refractivity contribution is -0.193. The van der Waals surface area contributed by atoms with Crippen molar-refractivity contribution in [3.63, 3.8) is 0 Å². The first-order chi connectivity index (χ1) is 14.6. The molecule has 0 bridgehead atoms. The highest BCUT2D eigenvalue weighted by Gasteiger charge is 2.38. The number of halogens is 7. The van der Waals surface area contributed by atoms with Gasteiger partial charge in [-0.25, -0.2) is 14.0 Å². The number of nitrogens with two attached hydrogens (primary N) is 1. The smallest absolute Gasteiger partial charge is 0.475 e. The van der Waals surface area contributed by atoms with Gasteiger partial charge in [0.05, 0.1) is 11.3 Å². The molecule has 174 valence electrons. The number of aliphatic carboxylic acids is 2. The molecule has 0 radical (unpaired) electrons. The number of alkyl halides is 6. The molecular formula is C18H14F7N3O4. The number of carboxylic acid groups (broad SMARTS) is 2. The third kappa shape index (κ3) is 10.8. The summed E-state index contributed by atoms with van der Waals surface area (Å²) in [6.45, 7) is 0.476. The summed E-state index contributed by atoms with van der Waals surface area (Å²) in [5.74, 6) is -5.89. The number of nitrogens with zero attached hydrogens (tertiary/aromatic N) is 1. The lowest BCUT2D eigenvalue weighted by Gasteiger charge is -2.08. The van der Waals surface area contributed by atoms with Crippen molar-refractivity contribution in [1.82, 2.24) is 0 Å². The Morgan fingerprint density at radius 1 is 0.938 bits per heavy atom. The number of benzene rings is 2. The van der Waals surface area contributed by atoms with Crippen LogP contribution in [0.3, 0.4) is 0 Å². The summed E-state index contributed by atoms with van der Waals surface area (Å²) in [5, 5.41) is 26.2. The van der Waals surface area contributed by atoms with Crippen LogP contribution in [0.15, 0.2) is 42.5 Å². The minimum absolute atomic E-state index is 0.380. The highest BCUT2D eigenvalue weighted by molar-refractivity contribution is 5.73. The fourth-order valence-electron chi connectivity index (χ4n) is 1.60. The third-order valence-electron chi connectivity index (χ3n) is 3.06. The van der Waals surface area contributed by atoms with Crippen LogP contribution in [0.5, 0.6) is 0 Å². The number of nitriles is 1. The molecule has 32 heavy (non-hydrogen) atoms. The Hall–Kier alpha value is -3.86. The van der Waals surface area contributed by atoms with Crippen molar-refractivity contribution in [1.29, 1.82) is 5.26 Å². The second-order valence-electron chi connectivity index (χ2n) is 5.43. The molecule has 0 aliphatic rings. The number of anilines is 2. The molecule has 0 fully saturated rings. The van der Waals surface area contributed by atoms with Crippen LogP contribution < -0.4 is 11.1 Å². The summed E-state index contributed by atoms with van der Waals surface area (Å²) >= 11 is 0. The predicted octanol–water partition coefficient (Wildman–Crippen LogP) is 4.17. The van der Waals surface area contributed by atoms with E-state index >= 15 is 0 Å². The normalized spacial score (nSPS) is 10.5.